The van der Waals surface area contributed by atoms with Crippen molar-refractivity contribution in [1.82, 2.24) is 14.5 Å². The SMILES string of the molecule is CCOC(=O)c1n[nH]c(COc2ccc(N3CCN(S)CC3)cc2)c1Br. The van der Waals surface area contributed by atoms with Crippen LogP contribution in [0.3, 0.4) is 0 Å². The van der Waals surface area contributed by atoms with Gasteiger partial charge in [0.15, 0.2) is 5.69 Å². The number of ether oxygens (including phenoxy) is 2. The number of piperazine rings is 1. The van der Waals surface area contributed by atoms with E-state index in [-0.39, 0.29) is 12.3 Å². The second-order valence-electron chi connectivity index (χ2n) is 5.81. The fourth-order valence-corrected chi connectivity index (χ4v) is 3.29. The van der Waals surface area contributed by atoms with Crippen LogP contribution in [0.5, 0.6) is 5.75 Å². The molecule has 1 aliphatic rings. The minimum Gasteiger partial charge on any atom is -0.487 e. The van der Waals surface area contributed by atoms with Crippen LogP contribution in [0.15, 0.2) is 28.7 Å². The topological polar surface area (TPSA) is 70.7 Å². The molecule has 1 aromatic heterocycles. The number of benzene rings is 1. The third-order valence-electron chi connectivity index (χ3n) is 4.09. The lowest BCUT2D eigenvalue weighted by Gasteiger charge is -2.33. The first-order valence-corrected chi connectivity index (χ1v) is 9.59. The van der Waals surface area contributed by atoms with Gasteiger partial charge < -0.3 is 14.4 Å². The van der Waals surface area contributed by atoms with Crippen LogP contribution < -0.4 is 9.64 Å². The van der Waals surface area contributed by atoms with Crippen molar-refractivity contribution in [3.63, 3.8) is 0 Å². The molecule has 0 saturated carbocycles. The van der Waals surface area contributed by atoms with Gasteiger partial charge in [-0.25, -0.2) is 9.10 Å². The van der Waals surface area contributed by atoms with Gasteiger partial charge in [-0.3, -0.25) is 5.10 Å². The van der Waals surface area contributed by atoms with Crippen LogP contribution in [0.1, 0.15) is 23.1 Å². The molecule has 1 aliphatic heterocycles. The number of carbonyl (C=O) groups is 1. The summed E-state index contributed by atoms with van der Waals surface area (Å²) in [4.78, 5) is 14.1. The molecular formula is C17H21BrN4O3S. The molecule has 1 N–H and O–H groups in total. The van der Waals surface area contributed by atoms with Crippen molar-refractivity contribution in [2.75, 3.05) is 37.7 Å². The minimum absolute atomic E-state index is 0.226. The number of thiol groups is 1. The molecule has 1 fully saturated rings. The van der Waals surface area contributed by atoms with Gasteiger partial charge in [-0.05, 0) is 47.1 Å². The number of aromatic amines is 1. The number of hydrogen-bond donors (Lipinski definition) is 2. The molecule has 26 heavy (non-hydrogen) atoms. The van der Waals surface area contributed by atoms with E-state index in [0.717, 1.165) is 31.9 Å². The van der Waals surface area contributed by atoms with Crippen LogP contribution in [0.25, 0.3) is 0 Å². The van der Waals surface area contributed by atoms with E-state index in [1.165, 1.54) is 5.69 Å². The molecule has 0 spiro atoms. The van der Waals surface area contributed by atoms with Gasteiger partial charge in [-0.1, -0.05) is 12.8 Å². The zero-order chi connectivity index (χ0) is 18.5. The largest absolute Gasteiger partial charge is 0.487 e. The summed E-state index contributed by atoms with van der Waals surface area (Å²) >= 11 is 7.75. The number of carbonyl (C=O) groups excluding carboxylic acids is 1. The lowest BCUT2D eigenvalue weighted by Crippen LogP contribution is -2.42. The van der Waals surface area contributed by atoms with Crippen LogP contribution in [0.4, 0.5) is 5.69 Å². The van der Waals surface area contributed by atoms with Gasteiger partial charge in [-0.2, -0.15) is 5.10 Å². The van der Waals surface area contributed by atoms with Crippen LogP contribution in [-0.2, 0) is 11.3 Å². The number of rotatable bonds is 6. The first-order chi connectivity index (χ1) is 12.6. The van der Waals surface area contributed by atoms with Gasteiger partial charge in [0.25, 0.3) is 0 Å². The van der Waals surface area contributed by atoms with Crippen molar-refractivity contribution in [1.29, 1.82) is 0 Å². The number of nitrogens with zero attached hydrogens (tertiary/aromatic N) is 3. The van der Waals surface area contributed by atoms with Gasteiger partial charge in [0.1, 0.15) is 12.4 Å². The number of H-pyrrole nitrogens is 1. The van der Waals surface area contributed by atoms with Crippen molar-refractivity contribution < 1.29 is 14.3 Å². The maximum atomic E-state index is 11.8. The highest BCUT2D eigenvalue weighted by Crippen LogP contribution is 2.24. The van der Waals surface area contributed by atoms with E-state index in [1.54, 1.807) is 6.92 Å². The first kappa shape index (κ1) is 19.1. The number of esters is 1. The summed E-state index contributed by atoms with van der Waals surface area (Å²) in [5.41, 5.74) is 2.08. The monoisotopic (exact) mass is 440 g/mol. The molecule has 140 valence electrons. The van der Waals surface area contributed by atoms with Gasteiger partial charge in [0.05, 0.1) is 16.8 Å². The molecule has 7 nitrogen and oxygen atoms in total. The molecule has 0 radical (unpaired) electrons. The summed E-state index contributed by atoms with van der Waals surface area (Å²) in [6.45, 7) is 6.13. The van der Waals surface area contributed by atoms with Crippen LogP contribution in [0.2, 0.25) is 0 Å². The highest BCUT2D eigenvalue weighted by atomic mass is 79.9. The smallest absolute Gasteiger partial charge is 0.360 e. The van der Waals surface area contributed by atoms with E-state index in [9.17, 15) is 4.79 Å². The maximum Gasteiger partial charge on any atom is 0.360 e. The molecule has 2 aromatic rings. The number of nitrogens with one attached hydrogen (secondary N) is 1. The fraction of sp³-hybridized carbons (Fsp3) is 0.412. The zero-order valence-corrected chi connectivity index (χ0v) is 16.9. The normalized spacial score (nSPS) is 15.1. The van der Waals surface area contributed by atoms with E-state index in [0.29, 0.717) is 16.8 Å². The molecular weight excluding hydrogens is 420 g/mol. The van der Waals surface area contributed by atoms with Gasteiger partial charge >= 0.3 is 5.97 Å². The molecule has 2 heterocycles. The van der Waals surface area contributed by atoms with E-state index in [4.69, 9.17) is 9.47 Å². The molecule has 0 amide bonds. The van der Waals surface area contributed by atoms with E-state index in [2.05, 4.69) is 56.0 Å². The van der Waals surface area contributed by atoms with E-state index >= 15 is 0 Å². The fourth-order valence-electron chi connectivity index (χ4n) is 2.66. The highest BCUT2D eigenvalue weighted by Gasteiger charge is 2.19. The molecule has 1 saturated heterocycles. The third-order valence-corrected chi connectivity index (χ3v) is 5.34. The quantitative estimate of drug-likeness (QED) is 0.531. The minimum atomic E-state index is -0.465. The van der Waals surface area contributed by atoms with Crippen LogP contribution >= 0.6 is 28.7 Å². The second kappa shape index (κ2) is 8.79. The lowest BCUT2D eigenvalue weighted by atomic mass is 10.2. The molecule has 0 atom stereocenters. The van der Waals surface area contributed by atoms with Crippen molar-refractivity contribution >= 4 is 40.4 Å². The lowest BCUT2D eigenvalue weighted by molar-refractivity contribution is 0.0518. The van der Waals surface area contributed by atoms with Gasteiger partial charge in [0.2, 0.25) is 0 Å². The molecule has 0 unspecified atom stereocenters. The third kappa shape index (κ3) is 4.52. The number of aromatic nitrogens is 2. The Morgan fingerprint density at radius 2 is 1.96 bits per heavy atom. The Labute approximate surface area is 166 Å². The van der Waals surface area contributed by atoms with Crippen LogP contribution in [0, 0.1) is 0 Å². The average Bonchev–Trinajstić information content (AvgIpc) is 3.02. The van der Waals surface area contributed by atoms with Crippen molar-refractivity contribution in [3.05, 3.63) is 40.1 Å². The molecule has 1 aromatic carbocycles. The number of anilines is 1. The Balaban J connectivity index is 1.58. The van der Waals surface area contributed by atoms with E-state index in [1.807, 2.05) is 16.4 Å². The Morgan fingerprint density at radius 1 is 1.27 bits per heavy atom. The molecule has 9 heteroatoms. The summed E-state index contributed by atoms with van der Waals surface area (Å²) in [6, 6.07) is 7.99. The zero-order valence-electron chi connectivity index (χ0n) is 14.4. The summed E-state index contributed by atoms with van der Waals surface area (Å²) in [7, 11) is 0. The van der Waals surface area contributed by atoms with Crippen LogP contribution in [-0.4, -0.2) is 53.3 Å². The predicted octanol–water partition coefficient (Wildman–Crippen LogP) is 2.89. The number of hydrogen-bond acceptors (Lipinski definition) is 7. The van der Waals surface area contributed by atoms with Crippen molar-refractivity contribution in [2.45, 2.75) is 13.5 Å². The Hall–Kier alpha value is -1.71. The molecule has 0 bridgehead atoms. The highest BCUT2D eigenvalue weighted by molar-refractivity contribution is 9.10. The standard InChI is InChI=1S/C17H21BrN4O3S/c1-2-24-17(23)16-15(18)14(19-20-16)11-25-13-5-3-12(4-6-13)21-7-9-22(26)10-8-21/h3-6,26H,2,7-11H2,1H3,(H,19,20). The summed E-state index contributed by atoms with van der Waals surface area (Å²) in [6.07, 6.45) is 0. The predicted molar refractivity (Wildman–Crippen MR) is 106 cm³/mol. The Morgan fingerprint density at radius 3 is 2.62 bits per heavy atom. The number of halogens is 1. The average molecular weight is 441 g/mol. The second-order valence-corrected chi connectivity index (χ2v) is 7.17. The Bertz CT molecular complexity index is 745. The molecule has 3 rings (SSSR count). The maximum absolute atomic E-state index is 11.8. The first-order valence-electron chi connectivity index (χ1n) is 8.40. The van der Waals surface area contributed by atoms with Crippen molar-refractivity contribution in [3.8, 4) is 5.75 Å². The summed E-state index contributed by atoms with van der Waals surface area (Å²) in [5, 5.41) is 6.79. The van der Waals surface area contributed by atoms with Gasteiger partial charge in [-0.15, -0.1) is 0 Å². The van der Waals surface area contributed by atoms with Crippen molar-refractivity contribution in [2.24, 2.45) is 0 Å². The summed E-state index contributed by atoms with van der Waals surface area (Å²) in [5.74, 6) is 0.285. The van der Waals surface area contributed by atoms with Gasteiger partial charge in [0, 0.05) is 31.9 Å². The molecule has 0 aliphatic carbocycles. The Kier molecular flexibility index (Phi) is 6.44. The van der Waals surface area contributed by atoms with E-state index < -0.39 is 5.97 Å². The summed E-state index contributed by atoms with van der Waals surface area (Å²) < 4.78 is 13.3.